The third kappa shape index (κ3) is 1.82. The van der Waals surface area contributed by atoms with Crippen LogP contribution in [-0.4, -0.2) is 14.2 Å². The predicted molar refractivity (Wildman–Crippen MR) is 74.9 cm³/mol. The average Bonchev–Trinajstić information content (AvgIpc) is 2.80. The van der Waals surface area contributed by atoms with E-state index in [9.17, 15) is 9.18 Å². The molecule has 2 heterocycles. The van der Waals surface area contributed by atoms with E-state index in [-0.39, 0.29) is 11.4 Å². The Kier molecular flexibility index (Phi) is 2.89. The molecular formula is C15H14FN3O. The highest BCUT2D eigenvalue weighted by Crippen LogP contribution is 2.13. The maximum Gasteiger partial charge on any atom is 0.282 e. The Bertz CT molecular complexity index is 848. The molecular weight excluding hydrogens is 257 g/mol. The lowest BCUT2D eigenvalue weighted by atomic mass is 10.2. The van der Waals surface area contributed by atoms with Crippen LogP contribution in [0.2, 0.25) is 0 Å². The molecule has 20 heavy (non-hydrogen) atoms. The van der Waals surface area contributed by atoms with Crippen molar-refractivity contribution in [1.29, 1.82) is 0 Å². The third-order valence-corrected chi connectivity index (χ3v) is 3.34. The van der Waals surface area contributed by atoms with Crippen molar-refractivity contribution in [2.75, 3.05) is 0 Å². The Morgan fingerprint density at radius 3 is 2.80 bits per heavy atom. The fourth-order valence-corrected chi connectivity index (χ4v) is 2.37. The van der Waals surface area contributed by atoms with E-state index in [2.05, 4.69) is 5.10 Å². The van der Waals surface area contributed by atoms with E-state index >= 15 is 0 Å². The molecule has 0 radical (unpaired) electrons. The number of aromatic nitrogens is 3. The van der Waals surface area contributed by atoms with Crippen LogP contribution in [0.15, 0.2) is 41.3 Å². The molecule has 0 atom stereocenters. The summed E-state index contributed by atoms with van der Waals surface area (Å²) in [6.07, 6.45) is 2.35. The molecule has 102 valence electrons. The molecule has 5 heteroatoms. The summed E-state index contributed by atoms with van der Waals surface area (Å²) in [6.45, 7) is 3.78. The van der Waals surface area contributed by atoms with Crippen molar-refractivity contribution in [3.05, 3.63) is 64.1 Å². The minimum Gasteiger partial charge on any atom is -0.266 e. The standard InChI is InChI=1S/C15H14FN3O/c1-3-13-17-18-8-7-10(2)14(18)15(20)19(13)12-6-4-5-11(16)9-12/h4-9H,3H2,1-2H3. The van der Waals surface area contributed by atoms with Gasteiger partial charge in [0.25, 0.3) is 5.56 Å². The molecule has 0 unspecified atom stereocenters. The van der Waals surface area contributed by atoms with Crippen LogP contribution in [0.25, 0.3) is 11.2 Å². The summed E-state index contributed by atoms with van der Waals surface area (Å²) in [6, 6.07) is 7.84. The number of fused-ring (bicyclic) bond motifs is 1. The van der Waals surface area contributed by atoms with E-state index in [0.717, 1.165) is 5.56 Å². The van der Waals surface area contributed by atoms with Crippen LogP contribution >= 0.6 is 0 Å². The van der Waals surface area contributed by atoms with Crippen molar-refractivity contribution in [2.45, 2.75) is 20.3 Å². The van der Waals surface area contributed by atoms with Crippen molar-refractivity contribution < 1.29 is 4.39 Å². The van der Waals surface area contributed by atoms with Crippen molar-refractivity contribution in [2.24, 2.45) is 0 Å². The highest BCUT2D eigenvalue weighted by Gasteiger charge is 2.13. The molecule has 0 saturated heterocycles. The second kappa shape index (κ2) is 4.59. The molecule has 0 saturated carbocycles. The topological polar surface area (TPSA) is 39.3 Å². The maximum absolute atomic E-state index is 13.4. The number of halogens is 1. The number of nitrogens with zero attached hydrogens (tertiary/aromatic N) is 3. The minimum atomic E-state index is -0.372. The van der Waals surface area contributed by atoms with Crippen LogP contribution in [0.5, 0.6) is 0 Å². The largest absolute Gasteiger partial charge is 0.282 e. The van der Waals surface area contributed by atoms with E-state index in [1.54, 1.807) is 22.8 Å². The van der Waals surface area contributed by atoms with Gasteiger partial charge in [-0.3, -0.25) is 9.36 Å². The molecule has 3 rings (SSSR count). The highest BCUT2D eigenvalue weighted by atomic mass is 19.1. The number of aryl methyl sites for hydroxylation is 2. The van der Waals surface area contributed by atoms with E-state index in [1.807, 2.05) is 19.9 Å². The van der Waals surface area contributed by atoms with Crippen LogP contribution in [0, 0.1) is 12.7 Å². The number of hydrogen-bond acceptors (Lipinski definition) is 2. The van der Waals surface area contributed by atoms with Gasteiger partial charge in [0, 0.05) is 12.6 Å². The predicted octanol–water partition coefficient (Wildman–Crippen LogP) is 2.50. The van der Waals surface area contributed by atoms with E-state index in [4.69, 9.17) is 0 Å². The summed E-state index contributed by atoms with van der Waals surface area (Å²) in [5.74, 6) is 0.229. The molecule has 0 aliphatic heterocycles. The van der Waals surface area contributed by atoms with Gasteiger partial charge in [-0.15, -0.1) is 0 Å². The maximum atomic E-state index is 13.4. The smallest absolute Gasteiger partial charge is 0.266 e. The SMILES string of the molecule is CCc1nn2ccc(C)c2c(=O)n1-c1cccc(F)c1. The first-order valence-electron chi connectivity index (χ1n) is 6.47. The van der Waals surface area contributed by atoms with Gasteiger partial charge in [-0.1, -0.05) is 13.0 Å². The van der Waals surface area contributed by atoms with E-state index in [0.29, 0.717) is 23.4 Å². The van der Waals surface area contributed by atoms with Crippen molar-refractivity contribution >= 4 is 5.52 Å². The molecule has 4 nitrogen and oxygen atoms in total. The van der Waals surface area contributed by atoms with E-state index in [1.165, 1.54) is 16.7 Å². The van der Waals surface area contributed by atoms with Crippen molar-refractivity contribution in [3.63, 3.8) is 0 Å². The number of benzene rings is 1. The first-order valence-corrected chi connectivity index (χ1v) is 6.47. The lowest BCUT2D eigenvalue weighted by molar-refractivity contribution is 0.624. The van der Waals surface area contributed by atoms with Gasteiger partial charge in [-0.05, 0) is 36.8 Å². The molecule has 0 N–H and O–H groups in total. The van der Waals surface area contributed by atoms with Gasteiger partial charge >= 0.3 is 0 Å². The van der Waals surface area contributed by atoms with Gasteiger partial charge < -0.3 is 0 Å². The van der Waals surface area contributed by atoms with Gasteiger partial charge in [-0.2, -0.15) is 5.10 Å². The Morgan fingerprint density at radius 1 is 1.30 bits per heavy atom. The quantitative estimate of drug-likeness (QED) is 0.718. The Balaban J connectivity index is 2.42. The number of hydrogen-bond donors (Lipinski definition) is 0. The summed E-state index contributed by atoms with van der Waals surface area (Å²) >= 11 is 0. The highest BCUT2D eigenvalue weighted by molar-refractivity contribution is 5.54. The summed E-state index contributed by atoms with van der Waals surface area (Å²) in [5, 5.41) is 4.44. The first-order chi connectivity index (χ1) is 9.61. The molecule has 0 aliphatic carbocycles. The molecule has 0 amide bonds. The molecule has 1 aromatic carbocycles. The van der Waals surface area contributed by atoms with Crippen molar-refractivity contribution in [3.8, 4) is 5.69 Å². The fourth-order valence-electron chi connectivity index (χ4n) is 2.37. The lowest BCUT2D eigenvalue weighted by Crippen LogP contribution is -2.26. The Hall–Kier alpha value is -2.43. The minimum absolute atomic E-state index is 0.176. The van der Waals surface area contributed by atoms with Crippen LogP contribution in [-0.2, 0) is 6.42 Å². The van der Waals surface area contributed by atoms with Gasteiger partial charge in [-0.25, -0.2) is 8.91 Å². The summed E-state index contributed by atoms with van der Waals surface area (Å²) in [4.78, 5) is 12.7. The zero-order chi connectivity index (χ0) is 14.3. The second-order valence-corrected chi connectivity index (χ2v) is 4.68. The molecule has 0 spiro atoms. The van der Waals surface area contributed by atoms with Gasteiger partial charge in [0.1, 0.15) is 17.2 Å². The Labute approximate surface area is 115 Å². The molecule has 0 aliphatic rings. The van der Waals surface area contributed by atoms with Gasteiger partial charge in [0.2, 0.25) is 0 Å². The second-order valence-electron chi connectivity index (χ2n) is 4.68. The fraction of sp³-hybridized carbons (Fsp3) is 0.200. The first kappa shape index (κ1) is 12.6. The molecule has 3 aromatic rings. The van der Waals surface area contributed by atoms with Crippen molar-refractivity contribution in [1.82, 2.24) is 14.2 Å². The lowest BCUT2D eigenvalue weighted by Gasteiger charge is -2.12. The molecule has 0 fully saturated rings. The van der Waals surface area contributed by atoms with Gasteiger partial charge in [0.15, 0.2) is 0 Å². The van der Waals surface area contributed by atoms with Crippen LogP contribution < -0.4 is 5.56 Å². The molecule has 2 aromatic heterocycles. The average molecular weight is 271 g/mol. The van der Waals surface area contributed by atoms with Crippen LogP contribution in [0.4, 0.5) is 4.39 Å². The summed E-state index contributed by atoms with van der Waals surface area (Å²) in [7, 11) is 0. The van der Waals surface area contributed by atoms with E-state index < -0.39 is 0 Å². The monoisotopic (exact) mass is 271 g/mol. The van der Waals surface area contributed by atoms with Gasteiger partial charge in [0.05, 0.1) is 5.69 Å². The Morgan fingerprint density at radius 2 is 2.10 bits per heavy atom. The zero-order valence-electron chi connectivity index (χ0n) is 11.3. The zero-order valence-corrected chi connectivity index (χ0v) is 11.3. The van der Waals surface area contributed by atoms with Crippen LogP contribution in [0.3, 0.4) is 0 Å². The van der Waals surface area contributed by atoms with Crippen LogP contribution in [0.1, 0.15) is 18.3 Å². The molecule has 0 bridgehead atoms. The summed E-state index contributed by atoms with van der Waals surface area (Å²) in [5.41, 5.74) is 1.70. The number of rotatable bonds is 2. The third-order valence-electron chi connectivity index (χ3n) is 3.34. The normalized spacial score (nSPS) is 11.2. The summed E-state index contributed by atoms with van der Waals surface area (Å²) < 4.78 is 16.5.